The van der Waals surface area contributed by atoms with Gasteiger partial charge in [-0.2, -0.15) is 0 Å². The largest absolute Gasteiger partial charge is 0.454 e. The highest BCUT2D eigenvalue weighted by Crippen LogP contribution is 2.35. The number of nitrogens with one attached hydrogen (secondary N) is 1. The van der Waals surface area contributed by atoms with Crippen molar-refractivity contribution in [2.45, 2.75) is 20.4 Å². The Morgan fingerprint density at radius 1 is 1.22 bits per heavy atom. The number of benzene rings is 1. The van der Waals surface area contributed by atoms with Gasteiger partial charge in [0.1, 0.15) is 5.82 Å². The van der Waals surface area contributed by atoms with E-state index in [2.05, 4.69) is 28.7 Å². The average Bonchev–Trinajstić information content (AvgIpc) is 2.97. The lowest BCUT2D eigenvalue weighted by Crippen LogP contribution is -2.22. The number of H-pyrrole nitrogens is 1. The molecule has 0 unspecified atom stereocenters. The van der Waals surface area contributed by atoms with Crippen LogP contribution in [-0.2, 0) is 6.54 Å². The topological polar surface area (TPSA) is 50.4 Å². The average molecular weight is 247 g/mol. The van der Waals surface area contributed by atoms with Gasteiger partial charge < -0.3 is 14.5 Å². The summed E-state index contributed by atoms with van der Waals surface area (Å²) in [6.07, 6.45) is 0. The summed E-state index contributed by atoms with van der Waals surface area (Å²) < 4.78 is 10.7. The summed E-state index contributed by atoms with van der Waals surface area (Å²) in [6.45, 7) is 7.50. The summed E-state index contributed by atoms with van der Waals surface area (Å²) in [6, 6.07) is 3.89. The van der Waals surface area contributed by atoms with Crippen LogP contribution in [0.3, 0.4) is 0 Å². The Bertz CT molecular complexity index is 520. The van der Waals surface area contributed by atoms with E-state index in [-0.39, 0.29) is 0 Å². The molecular weight excluding hydrogens is 230 g/mol. The minimum absolute atomic E-state index is 0.300. The molecule has 0 saturated carbocycles. The van der Waals surface area contributed by atoms with Gasteiger partial charge in [-0.25, -0.2) is 4.98 Å². The summed E-state index contributed by atoms with van der Waals surface area (Å²) in [5.41, 5.74) is 1.93. The standard InChI is InChI=1S/C13H17N3O2/c1-3-16(4-2)7-13-14-9-5-11-12(18-8-17-11)6-10(9)15-13/h5-6H,3-4,7-8H2,1-2H3,(H,14,15). The Balaban J connectivity index is 1.92. The number of fused-ring (bicyclic) bond motifs is 2. The third-order valence-electron chi connectivity index (χ3n) is 3.29. The van der Waals surface area contributed by atoms with Crippen LogP contribution >= 0.6 is 0 Å². The number of hydrogen-bond donors (Lipinski definition) is 1. The molecule has 0 spiro atoms. The molecule has 0 aliphatic carbocycles. The van der Waals surface area contributed by atoms with Crippen LogP contribution in [0.5, 0.6) is 11.5 Å². The number of rotatable bonds is 4. The van der Waals surface area contributed by atoms with E-state index in [9.17, 15) is 0 Å². The summed E-state index contributed by atoms with van der Waals surface area (Å²) in [5, 5.41) is 0. The van der Waals surface area contributed by atoms with Gasteiger partial charge in [-0.15, -0.1) is 0 Å². The number of ether oxygens (including phenoxy) is 2. The van der Waals surface area contributed by atoms with E-state index in [1.807, 2.05) is 12.1 Å². The van der Waals surface area contributed by atoms with Gasteiger partial charge in [-0.1, -0.05) is 13.8 Å². The van der Waals surface area contributed by atoms with Crippen LogP contribution in [-0.4, -0.2) is 34.8 Å². The van der Waals surface area contributed by atoms with Crippen LogP contribution in [0, 0.1) is 0 Å². The highest BCUT2D eigenvalue weighted by molar-refractivity contribution is 5.80. The number of aromatic nitrogens is 2. The molecular formula is C13H17N3O2. The van der Waals surface area contributed by atoms with Gasteiger partial charge >= 0.3 is 0 Å². The first-order chi connectivity index (χ1) is 8.80. The van der Waals surface area contributed by atoms with E-state index in [0.29, 0.717) is 6.79 Å². The van der Waals surface area contributed by atoms with E-state index in [1.165, 1.54) is 0 Å². The summed E-state index contributed by atoms with van der Waals surface area (Å²) >= 11 is 0. The van der Waals surface area contributed by atoms with E-state index in [1.54, 1.807) is 0 Å². The lowest BCUT2D eigenvalue weighted by molar-refractivity contribution is 0.174. The second kappa shape index (κ2) is 4.49. The quantitative estimate of drug-likeness (QED) is 0.899. The van der Waals surface area contributed by atoms with Crippen LogP contribution in [0.2, 0.25) is 0 Å². The second-order valence-electron chi connectivity index (χ2n) is 4.37. The Kier molecular flexibility index (Phi) is 2.83. The smallest absolute Gasteiger partial charge is 0.231 e. The molecule has 1 aromatic carbocycles. The molecule has 0 amide bonds. The molecule has 96 valence electrons. The number of imidazole rings is 1. The molecule has 1 aromatic heterocycles. The van der Waals surface area contributed by atoms with Crippen molar-refractivity contribution in [3.63, 3.8) is 0 Å². The molecule has 5 heteroatoms. The van der Waals surface area contributed by atoms with Crippen LogP contribution in [0.4, 0.5) is 0 Å². The first-order valence-electron chi connectivity index (χ1n) is 6.30. The van der Waals surface area contributed by atoms with E-state index < -0.39 is 0 Å². The molecule has 2 heterocycles. The van der Waals surface area contributed by atoms with Crippen LogP contribution in [0.25, 0.3) is 11.0 Å². The molecule has 5 nitrogen and oxygen atoms in total. The summed E-state index contributed by atoms with van der Waals surface area (Å²) in [4.78, 5) is 10.2. The minimum atomic E-state index is 0.300. The molecule has 3 rings (SSSR count). The fourth-order valence-corrected chi connectivity index (χ4v) is 2.19. The molecule has 0 radical (unpaired) electrons. The first-order valence-corrected chi connectivity index (χ1v) is 6.30. The van der Waals surface area contributed by atoms with Gasteiger partial charge in [-0.3, -0.25) is 4.90 Å². The molecule has 1 aliphatic heterocycles. The normalized spacial score (nSPS) is 13.7. The number of nitrogens with zero attached hydrogens (tertiary/aromatic N) is 2. The molecule has 1 N–H and O–H groups in total. The Labute approximate surface area is 106 Å². The van der Waals surface area contributed by atoms with E-state index in [0.717, 1.165) is 48.0 Å². The maximum atomic E-state index is 5.36. The highest BCUT2D eigenvalue weighted by atomic mass is 16.7. The van der Waals surface area contributed by atoms with Crippen molar-refractivity contribution < 1.29 is 9.47 Å². The Morgan fingerprint density at radius 2 is 1.94 bits per heavy atom. The van der Waals surface area contributed by atoms with Crippen molar-refractivity contribution in [1.82, 2.24) is 14.9 Å². The van der Waals surface area contributed by atoms with Gasteiger partial charge in [0, 0.05) is 12.1 Å². The third kappa shape index (κ3) is 1.90. The molecule has 2 aromatic rings. The lowest BCUT2D eigenvalue weighted by atomic mass is 10.3. The molecule has 18 heavy (non-hydrogen) atoms. The van der Waals surface area contributed by atoms with Crippen molar-refractivity contribution in [2.24, 2.45) is 0 Å². The van der Waals surface area contributed by atoms with E-state index in [4.69, 9.17) is 9.47 Å². The molecule has 1 aliphatic rings. The molecule has 0 bridgehead atoms. The summed E-state index contributed by atoms with van der Waals surface area (Å²) in [7, 11) is 0. The predicted octanol–water partition coefficient (Wildman–Crippen LogP) is 2.13. The van der Waals surface area contributed by atoms with Crippen molar-refractivity contribution >= 4 is 11.0 Å². The highest BCUT2D eigenvalue weighted by Gasteiger charge is 2.16. The van der Waals surface area contributed by atoms with Crippen molar-refractivity contribution in [3.05, 3.63) is 18.0 Å². The van der Waals surface area contributed by atoms with Crippen LogP contribution < -0.4 is 9.47 Å². The third-order valence-corrected chi connectivity index (χ3v) is 3.29. The molecule has 0 fully saturated rings. The number of aromatic amines is 1. The maximum Gasteiger partial charge on any atom is 0.231 e. The zero-order valence-electron chi connectivity index (χ0n) is 10.7. The lowest BCUT2D eigenvalue weighted by Gasteiger charge is -2.15. The van der Waals surface area contributed by atoms with Crippen LogP contribution in [0.15, 0.2) is 12.1 Å². The molecule has 0 atom stereocenters. The fourth-order valence-electron chi connectivity index (χ4n) is 2.19. The number of hydrogen-bond acceptors (Lipinski definition) is 4. The van der Waals surface area contributed by atoms with Gasteiger partial charge in [0.15, 0.2) is 11.5 Å². The second-order valence-corrected chi connectivity index (χ2v) is 4.37. The zero-order chi connectivity index (χ0) is 12.5. The monoisotopic (exact) mass is 247 g/mol. The zero-order valence-corrected chi connectivity index (χ0v) is 10.7. The van der Waals surface area contributed by atoms with Gasteiger partial charge in [0.25, 0.3) is 0 Å². The van der Waals surface area contributed by atoms with Gasteiger partial charge in [-0.05, 0) is 13.1 Å². The minimum Gasteiger partial charge on any atom is -0.454 e. The van der Waals surface area contributed by atoms with E-state index >= 15 is 0 Å². The van der Waals surface area contributed by atoms with Gasteiger partial charge in [0.05, 0.1) is 17.6 Å². The predicted molar refractivity (Wildman–Crippen MR) is 68.8 cm³/mol. The summed E-state index contributed by atoms with van der Waals surface area (Å²) in [5.74, 6) is 2.56. The van der Waals surface area contributed by atoms with Crippen molar-refractivity contribution in [3.8, 4) is 11.5 Å². The first kappa shape index (κ1) is 11.3. The Morgan fingerprint density at radius 3 is 2.67 bits per heavy atom. The van der Waals surface area contributed by atoms with Crippen molar-refractivity contribution in [1.29, 1.82) is 0 Å². The Hall–Kier alpha value is -1.75. The van der Waals surface area contributed by atoms with Gasteiger partial charge in [0.2, 0.25) is 6.79 Å². The maximum absolute atomic E-state index is 5.36. The SMILES string of the molecule is CCN(CC)Cc1nc2cc3c(cc2[nH]1)OCO3. The molecule has 0 saturated heterocycles. The van der Waals surface area contributed by atoms with Crippen LogP contribution in [0.1, 0.15) is 19.7 Å². The van der Waals surface area contributed by atoms with Crippen molar-refractivity contribution in [2.75, 3.05) is 19.9 Å². The fraction of sp³-hybridized carbons (Fsp3) is 0.462.